The summed E-state index contributed by atoms with van der Waals surface area (Å²) in [6.45, 7) is 1.58. The van der Waals surface area contributed by atoms with Gasteiger partial charge in [0.15, 0.2) is 0 Å². The molecular weight excluding hydrogens is 252 g/mol. The minimum atomic E-state index is 0.0400. The van der Waals surface area contributed by atoms with Gasteiger partial charge < -0.3 is 15.7 Å². The van der Waals surface area contributed by atoms with Crippen molar-refractivity contribution in [2.75, 3.05) is 13.1 Å². The molecule has 2 atom stereocenters. The van der Waals surface area contributed by atoms with Crippen LogP contribution in [0.3, 0.4) is 0 Å². The van der Waals surface area contributed by atoms with Gasteiger partial charge in [-0.25, -0.2) is 0 Å². The number of aliphatic hydroxyl groups is 1. The summed E-state index contributed by atoms with van der Waals surface area (Å²) in [6.07, 6.45) is 2.99. The van der Waals surface area contributed by atoms with Crippen LogP contribution in [0.4, 0.5) is 0 Å². The fourth-order valence-corrected chi connectivity index (χ4v) is 3.13. The summed E-state index contributed by atoms with van der Waals surface area (Å²) in [4.78, 5) is 14.2. The lowest BCUT2D eigenvalue weighted by Crippen LogP contribution is -2.33. The van der Waals surface area contributed by atoms with Crippen molar-refractivity contribution in [3.63, 3.8) is 0 Å². The van der Waals surface area contributed by atoms with Crippen LogP contribution in [0.15, 0.2) is 24.3 Å². The molecule has 1 aromatic rings. The summed E-state index contributed by atoms with van der Waals surface area (Å²) in [6, 6.07) is 7.72. The topological polar surface area (TPSA) is 66.6 Å². The Labute approximate surface area is 119 Å². The number of likely N-dealkylation sites (tertiary alicyclic amines) is 1. The molecule has 0 radical (unpaired) electrons. The van der Waals surface area contributed by atoms with Gasteiger partial charge >= 0.3 is 0 Å². The Balaban J connectivity index is 1.58. The number of hydrogen-bond acceptors (Lipinski definition) is 3. The third-order valence-electron chi connectivity index (χ3n) is 4.55. The summed E-state index contributed by atoms with van der Waals surface area (Å²) in [5.41, 5.74) is 8.03. The Morgan fingerprint density at radius 1 is 1.20 bits per heavy atom. The first-order chi connectivity index (χ1) is 9.67. The lowest BCUT2D eigenvalue weighted by Gasteiger charge is -2.16. The second-order valence-electron chi connectivity index (χ2n) is 6.12. The zero-order chi connectivity index (χ0) is 14.1. The predicted octanol–water partition coefficient (Wildman–Crippen LogP) is 0.917. The molecule has 0 aromatic heterocycles. The highest BCUT2D eigenvalue weighted by atomic mass is 16.3. The van der Waals surface area contributed by atoms with E-state index in [1.807, 2.05) is 29.2 Å². The van der Waals surface area contributed by atoms with E-state index in [0.29, 0.717) is 18.9 Å². The highest BCUT2D eigenvalue weighted by molar-refractivity contribution is 5.79. The number of carbonyl (C=O) groups excluding carboxylic acids is 1. The van der Waals surface area contributed by atoms with E-state index < -0.39 is 0 Å². The van der Waals surface area contributed by atoms with Gasteiger partial charge in [0, 0.05) is 19.1 Å². The van der Waals surface area contributed by atoms with Crippen molar-refractivity contribution < 1.29 is 9.90 Å². The van der Waals surface area contributed by atoms with Gasteiger partial charge in [0.2, 0.25) is 5.91 Å². The third-order valence-corrected chi connectivity index (χ3v) is 4.55. The standard InChI is InChI=1S/C16H22N2O2/c17-15-9-18(8-14(15)13-5-6-13)16(20)7-11-1-3-12(10-19)4-2-11/h1-4,13-15,19H,5-10,17H2/t14-,15+/m0/s1. The zero-order valence-corrected chi connectivity index (χ0v) is 11.7. The molecule has 1 saturated carbocycles. The van der Waals surface area contributed by atoms with Gasteiger partial charge in [-0.1, -0.05) is 24.3 Å². The largest absolute Gasteiger partial charge is 0.392 e. The van der Waals surface area contributed by atoms with Gasteiger partial charge in [0.25, 0.3) is 0 Å². The van der Waals surface area contributed by atoms with Crippen LogP contribution < -0.4 is 5.73 Å². The molecule has 4 heteroatoms. The Morgan fingerprint density at radius 2 is 1.85 bits per heavy atom. The molecule has 3 rings (SSSR count). The van der Waals surface area contributed by atoms with Crippen LogP contribution in [0, 0.1) is 11.8 Å². The number of benzene rings is 1. The van der Waals surface area contributed by atoms with Gasteiger partial charge in [0.1, 0.15) is 0 Å². The quantitative estimate of drug-likeness (QED) is 0.858. The monoisotopic (exact) mass is 274 g/mol. The van der Waals surface area contributed by atoms with Crippen molar-refractivity contribution in [2.24, 2.45) is 17.6 Å². The number of amides is 1. The molecule has 2 fully saturated rings. The number of rotatable bonds is 4. The number of hydrogen-bond donors (Lipinski definition) is 2. The van der Waals surface area contributed by atoms with Crippen molar-refractivity contribution in [3.05, 3.63) is 35.4 Å². The van der Waals surface area contributed by atoms with E-state index in [9.17, 15) is 4.79 Å². The van der Waals surface area contributed by atoms with E-state index in [4.69, 9.17) is 10.8 Å². The summed E-state index contributed by atoms with van der Waals surface area (Å²) in [5.74, 6) is 1.43. The lowest BCUT2D eigenvalue weighted by atomic mass is 9.99. The van der Waals surface area contributed by atoms with E-state index in [1.54, 1.807) is 0 Å². The second-order valence-corrected chi connectivity index (χ2v) is 6.12. The van der Waals surface area contributed by atoms with Crippen LogP contribution >= 0.6 is 0 Å². The van der Waals surface area contributed by atoms with Crippen molar-refractivity contribution in [3.8, 4) is 0 Å². The van der Waals surface area contributed by atoms with Gasteiger partial charge in [-0.15, -0.1) is 0 Å². The van der Waals surface area contributed by atoms with E-state index >= 15 is 0 Å². The first-order valence-corrected chi connectivity index (χ1v) is 7.39. The Kier molecular flexibility index (Phi) is 3.76. The Morgan fingerprint density at radius 3 is 2.45 bits per heavy atom. The highest BCUT2D eigenvalue weighted by Crippen LogP contribution is 2.40. The number of nitrogens with two attached hydrogens (primary N) is 1. The molecule has 1 aliphatic carbocycles. The van der Waals surface area contributed by atoms with Gasteiger partial charge in [0.05, 0.1) is 13.0 Å². The van der Waals surface area contributed by atoms with E-state index in [0.717, 1.165) is 23.6 Å². The molecule has 108 valence electrons. The van der Waals surface area contributed by atoms with Gasteiger partial charge in [-0.2, -0.15) is 0 Å². The molecule has 1 amide bonds. The van der Waals surface area contributed by atoms with Crippen molar-refractivity contribution in [2.45, 2.75) is 31.9 Å². The summed E-state index contributed by atoms with van der Waals surface area (Å²) >= 11 is 0. The average Bonchev–Trinajstić information content (AvgIpc) is 3.22. The van der Waals surface area contributed by atoms with Crippen molar-refractivity contribution in [1.29, 1.82) is 0 Å². The summed E-state index contributed by atoms with van der Waals surface area (Å²) in [5, 5.41) is 9.01. The Hall–Kier alpha value is -1.39. The molecule has 0 bridgehead atoms. The maximum atomic E-state index is 12.3. The minimum absolute atomic E-state index is 0.0400. The maximum Gasteiger partial charge on any atom is 0.227 e. The van der Waals surface area contributed by atoms with E-state index in [-0.39, 0.29) is 18.6 Å². The molecule has 0 unspecified atom stereocenters. The third kappa shape index (κ3) is 2.86. The molecule has 1 aromatic carbocycles. The molecule has 1 aliphatic heterocycles. The average molecular weight is 274 g/mol. The fraction of sp³-hybridized carbons (Fsp3) is 0.562. The molecule has 4 nitrogen and oxygen atoms in total. The molecule has 3 N–H and O–H groups in total. The molecule has 1 heterocycles. The first kappa shape index (κ1) is 13.6. The molecule has 1 saturated heterocycles. The maximum absolute atomic E-state index is 12.3. The molecule has 0 spiro atoms. The summed E-state index contributed by atoms with van der Waals surface area (Å²) in [7, 11) is 0. The molecular formula is C16H22N2O2. The zero-order valence-electron chi connectivity index (χ0n) is 11.7. The van der Waals surface area contributed by atoms with Gasteiger partial charge in [-0.05, 0) is 35.8 Å². The SMILES string of the molecule is N[C@@H]1CN(C(=O)Cc2ccc(CO)cc2)C[C@H]1C1CC1. The van der Waals surface area contributed by atoms with Crippen LogP contribution in [0.25, 0.3) is 0 Å². The van der Waals surface area contributed by atoms with E-state index in [1.165, 1.54) is 12.8 Å². The first-order valence-electron chi connectivity index (χ1n) is 7.39. The van der Waals surface area contributed by atoms with Crippen molar-refractivity contribution >= 4 is 5.91 Å². The number of aliphatic hydroxyl groups excluding tert-OH is 1. The summed E-state index contributed by atoms with van der Waals surface area (Å²) < 4.78 is 0. The highest BCUT2D eigenvalue weighted by Gasteiger charge is 2.41. The van der Waals surface area contributed by atoms with Crippen molar-refractivity contribution in [1.82, 2.24) is 4.90 Å². The normalized spacial score (nSPS) is 26.0. The molecule has 2 aliphatic rings. The van der Waals surface area contributed by atoms with Gasteiger partial charge in [-0.3, -0.25) is 4.79 Å². The lowest BCUT2D eigenvalue weighted by molar-refractivity contribution is -0.129. The van der Waals surface area contributed by atoms with Crippen LogP contribution in [-0.4, -0.2) is 35.0 Å². The van der Waals surface area contributed by atoms with Crippen LogP contribution in [0.5, 0.6) is 0 Å². The minimum Gasteiger partial charge on any atom is -0.392 e. The van der Waals surface area contributed by atoms with E-state index in [2.05, 4.69) is 0 Å². The van der Waals surface area contributed by atoms with Crippen LogP contribution in [0.1, 0.15) is 24.0 Å². The second kappa shape index (κ2) is 5.54. The number of nitrogens with zero attached hydrogens (tertiary/aromatic N) is 1. The number of carbonyl (C=O) groups is 1. The predicted molar refractivity (Wildman–Crippen MR) is 76.8 cm³/mol. The Bertz CT molecular complexity index is 482. The smallest absolute Gasteiger partial charge is 0.227 e. The fourth-order valence-electron chi connectivity index (χ4n) is 3.13. The van der Waals surface area contributed by atoms with Crippen LogP contribution in [0.2, 0.25) is 0 Å². The molecule has 20 heavy (non-hydrogen) atoms. The van der Waals surface area contributed by atoms with Crippen LogP contribution in [-0.2, 0) is 17.8 Å².